The van der Waals surface area contributed by atoms with Crippen molar-refractivity contribution in [2.75, 3.05) is 23.8 Å². The molecule has 0 saturated carbocycles. The fourth-order valence-electron chi connectivity index (χ4n) is 1.67. The van der Waals surface area contributed by atoms with E-state index in [1.807, 2.05) is 11.8 Å². The van der Waals surface area contributed by atoms with E-state index in [1.54, 1.807) is 6.07 Å². The molecule has 1 unspecified atom stereocenters. The molecule has 0 aliphatic carbocycles. The minimum absolute atomic E-state index is 0.0781. The Kier molecular flexibility index (Phi) is 3.90. The number of thioether (sulfide) groups is 1. The number of anilines is 1. The number of sulfonamides is 1. The third-order valence-corrected chi connectivity index (χ3v) is 5.27. The van der Waals surface area contributed by atoms with Crippen LogP contribution in [0.5, 0.6) is 0 Å². The molecule has 7 heteroatoms. The summed E-state index contributed by atoms with van der Waals surface area (Å²) < 4.78 is 26.5. The van der Waals surface area contributed by atoms with Crippen LogP contribution >= 0.6 is 11.8 Å². The van der Waals surface area contributed by atoms with Gasteiger partial charge >= 0.3 is 0 Å². The third kappa shape index (κ3) is 3.11. The first-order chi connectivity index (χ1) is 8.09. The Morgan fingerprint density at radius 1 is 1.59 bits per heavy atom. The highest BCUT2D eigenvalue weighted by Gasteiger charge is 2.22. The minimum atomic E-state index is -3.57. The summed E-state index contributed by atoms with van der Waals surface area (Å²) >= 11 is 1.86. The van der Waals surface area contributed by atoms with Crippen LogP contribution in [0, 0.1) is 5.92 Å². The number of pyridine rings is 1. The van der Waals surface area contributed by atoms with Crippen LogP contribution in [0.2, 0.25) is 0 Å². The molecule has 2 heterocycles. The molecular formula is C10H15N3O2S2. The molecule has 1 saturated heterocycles. The molecule has 1 aromatic heterocycles. The second-order valence-electron chi connectivity index (χ2n) is 3.98. The zero-order valence-electron chi connectivity index (χ0n) is 9.30. The van der Waals surface area contributed by atoms with Gasteiger partial charge in [-0.3, -0.25) is 0 Å². The van der Waals surface area contributed by atoms with E-state index in [1.165, 1.54) is 12.3 Å². The predicted molar refractivity (Wildman–Crippen MR) is 69.3 cm³/mol. The fourth-order valence-corrected chi connectivity index (χ4v) is 4.12. The maximum absolute atomic E-state index is 11.9. The van der Waals surface area contributed by atoms with Gasteiger partial charge in [0.25, 0.3) is 10.0 Å². The Morgan fingerprint density at radius 3 is 3.06 bits per heavy atom. The van der Waals surface area contributed by atoms with E-state index in [4.69, 9.17) is 5.73 Å². The van der Waals surface area contributed by atoms with Crippen molar-refractivity contribution in [3.05, 3.63) is 18.3 Å². The molecule has 0 radical (unpaired) electrons. The first kappa shape index (κ1) is 12.7. The van der Waals surface area contributed by atoms with Gasteiger partial charge in [0.2, 0.25) is 0 Å². The average Bonchev–Trinajstić information content (AvgIpc) is 2.80. The van der Waals surface area contributed by atoms with Gasteiger partial charge < -0.3 is 5.73 Å². The first-order valence-corrected chi connectivity index (χ1v) is 8.01. The average molecular weight is 273 g/mol. The van der Waals surface area contributed by atoms with Gasteiger partial charge in [-0.25, -0.2) is 18.1 Å². The molecule has 1 fully saturated rings. The van der Waals surface area contributed by atoms with Crippen LogP contribution in [0.1, 0.15) is 6.42 Å². The van der Waals surface area contributed by atoms with E-state index >= 15 is 0 Å². The number of nitrogens with one attached hydrogen (secondary N) is 1. The molecular weight excluding hydrogens is 258 g/mol. The lowest BCUT2D eigenvalue weighted by molar-refractivity contribution is 0.543. The Hall–Kier alpha value is -0.790. The Balaban J connectivity index is 2.06. The van der Waals surface area contributed by atoms with Crippen molar-refractivity contribution in [3.8, 4) is 0 Å². The summed E-state index contributed by atoms with van der Waals surface area (Å²) in [6.07, 6.45) is 2.49. The van der Waals surface area contributed by atoms with E-state index < -0.39 is 10.0 Å². The van der Waals surface area contributed by atoms with Crippen molar-refractivity contribution in [1.29, 1.82) is 0 Å². The number of nitrogens with zero attached hydrogens (tertiary/aromatic N) is 1. The largest absolute Gasteiger partial charge is 0.396 e. The molecule has 1 atom stereocenters. The molecule has 1 aromatic rings. The van der Waals surface area contributed by atoms with Crippen LogP contribution in [0.25, 0.3) is 0 Å². The Morgan fingerprint density at radius 2 is 2.41 bits per heavy atom. The second kappa shape index (κ2) is 5.24. The topological polar surface area (TPSA) is 85.1 Å². The molecule has 1 aliphatic rings. The highest BCUT2D eigenvalue weighted by atomic mass is 32.2. The highest BCUT2D eigenvalue weighted by molar-refractivity contribution is 7.99. The summed E-state index contributed by atoms with van der Waals surface area (Å²) in [6, 6.07) is 3.15. The molecule has 0 spiro atoms. The van der Waals surface area contributed by atoms with E-state index in [0.29, 0.717) is 12.5 Å². The summed E-state index contributed by atoms with van der Waals surface area (Å²) in [5, 5.41) is -0.0781. The van der Waals surface area contributed by atoms with Crippen LogP contribution in [0.15, 0.2) is 23.4 Å². The molecule has 1 aliphatic heterocycles. The van der Waals surface area contributed by atoms with Gasteiger partial charge in [0.1, 0.15) is 0 Å². The van der Waals surface area contributed by atoms with Crippen molar-refractivity contribution in [2.45, 2.75) is 11.4 Å². The van der Waals surface area contributed by atoms with E-state index in [-0.39, 0.29) is 10.7 Å². The number of hydrogen-bond donors (Lipinski definition) is 2. The summed E-state index contributed by atoms with van der Waals surface area (Å²) in [4.78, 5) is 3.81. The number of aromatic nitrogens is 1. The van der Waals surface area contributed by atoms with Gasteiger partial charge in [0.15, 0.2) is 5.03 Å². The molecule has 0 aromatic carbocycles. The summed E-state index contributed by atoms with van der Waals surface area (Å²) in [5.41, 5.74) is 5.79. The van der Waals surface area contributed by atoms with Crippen LogP contribution in [0.3, 0.4) is 0 Å². The lowest BCUT2D eigenvalue weighted by atomic mass is 10.1. The van der Waals surface area contributed by atoms with Crippen molar-refractivity contribution < 1.29 is 8.42 Å². The van der Waals surface area contributed by atoms with Crippen LogP contribution < -0.4 is 10.5 Å². The van der Waals surface area contributed by atoms with Crippen LogP contribution in [-0.4, -0.2) is 31.5 Å². The normalized spacial score (nSPS) is 20.6. The zero-order valence-corrected chi connectivity index (χ0v) is 10.9. The van der Waals surface area contributed by atoms with E-state index in [2.05, 4.69) is 9.71 Å². The number of nitrogens with two attached hydrogens (primary N) is 1. The summed E-state index contributed by atoms with van der Waals surface area (Å²) in [5.74, 6) is 2.54. The van der Waals surface area contributed by atoms with E-state index in [0.717, 1.165) is 17.9 Å². The summed E-state index contributed by atoms with van der Waals surface area (Å²) in [7, 11) is -3.57. The molecule has 0 amide bonds. The molecule has 2 rings (SSSR count). The predicted octanol–water partition coefficient (Wildman–Crippen LogP) is 0.695. The SMILES string of the molecule is Nc1cccnc1S(=O)(=O)NCC1CCSC1. The van der Waals surface area contributed by atoms with Gasteiger partial charge in [-0.05, 0) is 36.0 Å². The Labute approximate surface area is 105 Å². The minimum Gasteiger partial charge on any atom is -0.396 e. The molecule has 94 valence electrons. The first-order valence-electron chi connectivity index (χ1n) is 5.37. The van der Waals surface area contributed by atoms with Gasteiger partial charge in [0.05, 0.1) is 5.69 Å². The second-order valence-corrected chi connectivity index (χ2v) is 6.81. The highest BCUT2D eigenvalue weighted by Crippen LogP contribution is 2.23. The van der Waals surface area contributed by atoms with Gasteiger partial charge in [-0.1, -0.05) is 0 Å². The van der Waals surface area contributed by atoms with Gasteiger partial charge in [-0.15, -0.1) is 0 Å². The number of nitrogen functional groups attached to an aromatic ring is 1. The van der Waals surface area contributed by atoms with Crippen LogP contribution in [-0.2, 0) is 10.0 Å². The molecule has 0 bridgehead atoms. The fraction of sp³-hybridized carbons (Fsp3) is 0.500. The van der Waals surface area contributed by atoms with Gasteiger partial charge in [-0.2, -0.15) is 11.8 Å². The summed E-state index contributed by atoms with van der Waals surface area (Å²) in [6.45, 7) is 0.464. The van der Waals surface area contributed by atoms with E-state index in [9.17, 15) is 8.42 Å². The quantitative estimate of drug-likeness (QED) is 0.843. The third-order valence-electron chi connectivity index (χ3n) is 2.64. The molecule has 17 heavy (non-hydrogen) atoms. The number of rotatable bonds is 4. The molecule has 3 N–H and O–H groups in total. The van der Waals surface area contributed by atoms with Gasteiger partial charge in [0, 0.05) is 12.7 Å². The monoisotopic (exact) mass is 273 g/mol. The standard InChI is InChI=1S/C10H15N3O2S2/c11-9-2-1-4-12-10(9)17(14,15)13-6-8-3-5-16-7-8/h1-2,4,8,13H,3,5-7,11H2. The van der Waals surface area contributed by atoms with Crippen molar-refractivity contribution >= 4 is 27.5 Å². The van der Waals surface area contributed by atoms with Crippen molar-refractivity contribution in [3.63, 3.8) is 0 Å². The van der Waals surface area contributed by atoms with Crippen LogP contribution in [0.4, 0.5) is 5.69 Å². The van der Waals surface area contributed by atoms with Crippen molar-refractivity contribution in [2.24, 2.45) is 5.92 Å². The lowest BCUT2D eigenvalue weighted by Gasteiger charge is -2.11. The number of hydrogen-bond acceptors (Lipinski definition) is 5. The zero-order chi connectivity index (χ0) is 12.3. The lowest BCUT2D eigenvalue weighted by Crippen LogP contribution is -2.30. The Bertz CT molecular complexity index is 484. The molecule has 5 nitrogen and oxygen atoms in total. The maximum atomic E-state index is 11.9. The van der Waals surface area contributed by atoms with Crippen molar-refractivity contribution in [1.82, 2.24) is 9.71 Å². The maximum Gasteiger partial charge on any atom is 0.260 e. The smallest absolute Gasteiger partial charge is 0.260 e.